The van der Waals surface area contributed by atoms with E-state index in [1.54, 1.807) is 36.4 Å². The van der Waals surface area contributed by atoms with Gasteiger partial charge < -0.3 is 9.73 Å². The zero-order valence-electron chi connectivity index (χ0n) is 16.3. The van der Waals surface area contributed by atoms with Gasteiger partial charge in [0.2, 0.25) is 5.91 Å². The van der Waals surface area contributed by atoms with Gasteiger partial charge >= 0.3 is 6.03 Å². The van der Waals surface area contributed by atoms with Gasteiger partial charge in [0, 0.05) is 6.04 Å². The van der Waals surface area contributed by atoms with E-state index < -0.39 is 11.9 Å². The van der Waals surface area contributed by atoms with Crippen molar-refractivity contribution < 1.29 is 14.0 Å². The molecule has 0 atom stereocenters. The van der Waals surface area contributed by atoms with Crippen molar-refractivity contribution in [2.75, 3.05) is 5.75 Å². The van der Waals surface area contributed by atoms with Crippen molar-refractivity contribution in [1.82, 2.24) is 20.2 Å². The van der Waals surface area contributed by atoms with Gasteiger partial charge in [-0.25, -0.2) is 9.78 Å². The second-order valence-corrected chi connectivity index (χ2v) is 8.12. The molecule has 4 rings (SSSR count). The highest BCUT2D eigenvalue weighted by Crippen LogP contribution is 2.19. The smallest absolute Gasteiger partial charge is 0.321 e. The van der Waals surface area contributed by atoms with Crippen molar-refractivity contribution >= 4 is 34.6 Å². The van der Waals surface area contributed by atoms with Crippen molar-refractivity contribution in [3.8, 4) is 0 Å². The number of nitrogens with one attached hydrogen (secondary N) is 2. The van der Waals surface area contributed by atoms with Crippen molar-refractivity contribution in [3.63, 3.8) is 0 Å². The van der Waals surface area contributed by atoms with E-state index >= 15 is 0 Å². The predicted octanol–water partition coefficient (Wildman–Crippen LogP) is 2.90. The molecule has 0 saturated heterocycles. The van der Waals surface area contributed by atoms with Crippen molar-refractivity contribution in [3.05, 3.63) is 58.8 Å². The first kappa shape index (κ1) is 20.2. The number of fused-ring (bicyclic) bond motifs is 1. The van der Waals surface area contributed by atoms with E-state index in [1.807, 2.05) is 0 Å². The highest BCUT2D eigenvalue weighted by Gasteiger charge is 2.19. The molecular formula is C21H22N4O4S. The van der Waals surface area contributed by atoms with Gasteiger partial charge in [0.05, 0.1) is 29.5 Å². The van der Waals surface area contributed by atoms with Crippen LogP contribution in [0.15, 0.2) is 57.0 Å². The molecule has 2 aromatic heterocycles. The number of aromatic nitrogens is 2. The van der Waals surface area contributed by atoms with Crippen LogP contribution in [0.1, 0.15) is 31.4 Å². The number of imide groups is 1. The summed E-state index contributed by atoms with van der Waals surface area (Å²) in [5, 5.41) is 6.05. The number of para-hydroxylation sites is 1. The third kappa shape index (κ3) is 4.73. The lowest BCUT2D eigenvalue weighted by Crippen LogP contribution is -2.44. The molecular weight excluding hydrogens is 404 g/mol. The maximum Gasteiger partial charge on any atom is 0.321 e. The minimum Gasteiger partial charge on any atom is -0.467 e. The summed E-state index contributed by atoms with van der Waals surface area (Å²) < 4.78 is 6.86. The molecule has 8 nitrogen and oxygen atoms in total. The van der Waals surface area contributed by atoms with E-state index in [-0.39, 0.29) is 23.9 Å². The quantitative estimate of drug-likeness (QED) is 0.464. The van der Waals surface area contributed by atoms with E-state index in [0.717, 1.165) is 37.4 Å². The van der Waals surface area contributed by atoms with E-state index in [4.69, 9.17) is 4.42 Å². The Labute approximate surface area is 177 Å². The van der Waals surface area contributed by atoms with E-state index in [0.29, 0.717) is 21.8 Å². The lowest BCUT2D eigenvalue weighted by molar-refractivity contribution is -0.117. The summed E-state index contributed by atoms with van der Waals surface area (Å²) in [7, 11) is 0. The third-order valence-electron chi connectivity index (χ3n) is 5.00. The Balaban J connectivity index is 1.48. The first-order valence-electron chi connectivity index (χ1n) is 9.85. The number of nitrogens with zero attached hydrogens (tertiary/aromatic N) is 2. The molecule has 1 fully saturated rings. The third-order valence-corrected chi connectivity index (χ3v) is 5.97. The normalized spacial score (nSPS) is 14.1. The average molecular weight is 426 g/mol. The fourth-order valence-corrected chi connectivity index (χ4v) is 4.34. The van der Waals surface area contributed by atoms with Crippen LogP contribution < -0.4 is 16.2 Å². The fourth-order valence-electron chi connectivity index (χ4n) is 3.54. The topological polar surface area (TPSA) is 106 Å². The van der Waals surface area contributed by atoms with E-state index in [1.165, 1.54) is 10.8 Å². The summed E-state index contributed by atoms with van der Waals surface area (Å²) in [6, 6.07) is 10.2. The Morgan fingerprint density at radius 2 is 1.97 bits per heavy atom. The Hall–Kier alpha value is -3.07. The number of furan rings is 1. The fraction of sp³-hybridized carbons (Fsp3) is 0.333. The molecule has 2 N–H and O–H groups in total. The standard InChI is InChI=1S/C21H22N4O4S/c26-18(24-20(28)22-14-6-1-2-7-14)13-30-21-23-17-10-4-3-9-16(17)19(27)25(21)12-15-8-5-11-29-15/h3-5,8-11,14H,1-2,6-7,12-13H2,(H2,22,24,26,28). The van der Waals surface area contributed by atoms with Crippen LogP contribution in [0.4, 0.5) is 4.79 Å². The molecule has 3 aromatic rings. The Morgan fingerprint density at radius 3 is 2.73 bits per heavy atom. The summed E-state index contributed by atoms with van der Waals surface area (Å²) in [6.45, 7) is 0.204. The number of thioether (sulfide) groups is 1. The van der Waals surface area contributed by atoms with Crippen LogP contribution in [0, 0.1) is 0 Å². The summed E-state index contributed by atoms with van der Waals surface area (Å²) in [4.78, 5) is 41.8. The van der Waals surface area contributed by atoms with Crippen molar-refractivity contribution in [2.24, 2.45) is 0 Å². The van der Waals surface area contributed by atoms with Gasteiger partial charge in [0.1, 0.15) is 5.76 Å². The van der Waals surface area contributed by atoms with Gasteiger partial charge in [-0.2, -0.15) is 0 Å². The molecule has 0 spiro atoms. The van der Waals surface area contributed by atoms with Crippen LogP contribution in [0.2, 0.25) is 0 Å². The minimum atomic E-state index is -0.480. The number of rotatable bonds is 6. The predicted molar refractivity (Wildman–Crippen MR) is 113 cm³/mol. The highest BCUT2D eigenvalue weighted by molar-refractivity contribution is 7.99. The largest absolute Gasteiger partial charge is 0.467 e. The molecule has 9 heteroatoms. The maximum absolute atomic E-state index is 13.0. The first-order valence-corrected chi connectivity index (χ1v) is 10.8. The summed E-state index contributed by atoms with van der Waals surface area (Å²) in [5.41, 5.74) is 0.346. The SMILES string of the molecule is O=C(CSc1nc2ccccc2c(=O)n1Cc1ccco1)NC(=O)NC1CCCC1. The van der Waals surface area contributed by atoms with Crippen LogP contribution in [0.3, 0.4) is 0 Å². The van der Waals surface area contributed by atoms with Gasteiger partial charge in [-0.15, -0.1) is 0 Å². The van der Waals surface area contributed by atoms with Gasteiger partial charge in [0.25, 0.3) is 5.56 Å². The zero-order valence-corrected chi connectivity index (χ0v) is 17.1. The molecule has 2 heterocycles. The Bertz CT molecular complexity index is 1100. The van der Waals surface area contributed by atoms with E-state index in [9.17, 15) is 14.4 Å². The monoisotopic (exact) mass is 426 g/mol. The molecule has 156 valence electrons. The molecule has 0 unspecified atom stereocenters. The first-order chi connectivity index (χ1) is 14.6. The zero-order chi connectivity index (χ0) is 20.9. The number of carbonyl (C=O) groups excluding carboxylic acids is 2. The number of benzene rings is 1. The van der Waals surface area contributed by atoms with Crippen LogP contribution in [0.25, 0.3) is 10.9 Å². The van der Waals surface area contributed by atoms with Gasteiger partial charge in [-0.3, -0.25) is 19.5 Å². The molecule has 0 bridgehead atoms. The lowest BCUT2D eigenvalue weighted by Gasteiger charge is -2.13. The number of urea groups is 1. The Morgan fingerprint density at radius 1 is 1.17 bits per heavy atom. The molecule has 1 aliphatic carbocycles. The molecule has 1 saturated carbocycles. The summed E-state index contributed by atoms with van der Waals surface area (Å²) in [6.07, 6.45) is 5.61. The maximum atomic E-state index is 13.0. The van der Waals surface area contributed by atoms with Crippen LogP contribution in [-0.2, 0) is 11.3 Å². The number of hydrogen-bond donors (Lipinski definition) is 2. The molecule has 0 aliphatic heterocycles. The number of amides is 3. The molecule has 30 heavy (non-hydrogen) atoms. The second-order valence-electron chi connectivity index (χ2n) is 7.17. The van der Waals surface area contributed by atoms with Gasteiger partial charge in [0.15, 0.2) is 5.16 Å². The molecule has 1 aliphatic rings. The number of carbonyl (C=O) groups is 2. The highest BCUT2D eigenvalue weighted by atomic mass is 32.2. The Kier molecular flexibility index (Phi) is 6.18. The van der Waals surface area contributed by atoms with Crippen molar-refractivity contribution in [1.29, 1.82) is 0 Å². The van der Waals surface area contributed by atoms with Crippen LogP contribution in [-0.4, -0.2) is 33.3 Å². The van der Waals surface area contributed by atoms with Gasteiger partial charge in [-0.05, 0) is 37.1 Å². The summed E-state index contributed by atoms with van der Waals surface area (Å²) >= 11 is 1.11. The molecule has 0 radical (unpaired) electrons. The van der Waals surface area contributed by atoms with Crippen molar-refractivity contribution in [2.45, 2.75) is 43.4 Å². The lowest BCUT2D eigenvalue weighted by atomic mass is 10.2. The molecule has 1 aromatic carbocycles. The minimum absolute atomic E-state index is 0.0407. The van der Waals surface area contributed by atoms with Crippen LogP contribution >= 0.6 is 11.8 Å². The summed E-state index contributed by atoms with van der Waals surface area (Å²) in [5.74, 6) is 0.125. The number of hydrogen-bond acceptors (Lipinski definition) is 6. The molecule has 3 amide bonds. The van der Waals surface area contributed by atoms with Crippen LogP contribution in [0.5, 0.6) is 0 Å². The average Bonchev–Trinajstić information content (AvgIpc) is 3.43. The second kappa shape index (κ2) is 9.17. The van der Waals surface area contributed by atoms with E-state index in [2.05, 4.69) is 15.6 Å². The van der Waals surface area contributed by atoms with Gasteiger partial charge in [-0.1, -0.05) is 36.7 Å².